The van der Waals surface area contributed by atoms with Gasteiger partial charge in [-0.3, -0.25) is 28.8 Å². The van der Waals surface area contributed by atoms with E-state index < -0.39 is 59.3 Å². The Kier molecular flexibility index (Phi) is 20.8. The molecule has 0 bridgehead atoms. The van der Waals surface area contributed by atoms with Gasteiger partial charge in [-0.15, -0.1) is 17.7 Å². The number of benzene rings is 1. The summed E-state index contributed by atoms with van der Waals surface area (Å²) in [5, 5.41) is 22.3. The molecule has 0 saturated heterocycles. The minimum atomic E-state index is -1.11. The molecule has 2 heterocycles. The lowest BCUT2D eigenvalue weighted by atomic mass is 10.0. The molecule has 0 aliphatic heterocycles. The number of carbonyl (C=O) groups is 6. The van der Waals surface area contributed by atoms with Crippen molar-refractivity contribution in [1.29, 1.82) is 0 Å². The van der Waals surface area contributed by atoms with Crippen LogP contribution < -0.4 is 26.6 Å². The van der Waals surface area contributed by atoms with E-state index in [1.807, 2.05) is 20.1 Å². The van der Waals surface area contributed by atoms with Gasteiger partial charge in [-0.2, -0.15) is 0 Å². The lowest BCUT2D eigenvalue weighted by Crippen LogP contribution is -2.52. The van der Waals surface area contributed by atoms with Crippen LogP contribution in [0.1, 0.15) is 77.6 Å². The van der Waals surface area contributed by atoms with Gasteiger partial charge in [0.2, 0.25) is 29.5 Å². The van der Waals surface area contributed by atoms with Crippen LogP contribution in [0.15, 0.2) is 48.0 Å². The molecule has 1 aromatic carbocycles. The molecule has 0 saturated carbocycles. The first kappa shape index (κ1) is 50.8. The third-order valence-corrected chi connectivity index (χ3v) is 9.15. The number of anilines is 1. The lowest BCUT2D eigenvalue weighted by molar-refractivity contribution is -0.142. The highest BCUT2D eigenvalue weighted by atomic mass is 32.2. The summed E-state index contributed by atoms with van der Waals surface area (Å²) in [6.45, 7) is 9.41. The Labute approximate surface area is 371 Å². The number of unbranched alkanes of at least 4 members (excludes halogenated alkanes) is 1. The molecule has 5 N–H and O–H groups in total. The number of hydrogen-bond donors (Lipinski definition) is 6. The largest absolute Gasteiger partial charge is 0.461 e. The molecule has 19 nitrogen and oxygen atoms in total. The van der Waals surface area contributed by atoms with Gasteiger partial charge in [-0.05, 0) is 57.1 Å². The third kappa shape index (κ3) is 20.3. The zero-order valence-electron chi connectivity index (χ0n) is 36.0. The topological polar surface area (TPSA) is 247 Å². The van der Waals surface area contributed by atoms with Crippen molar-refractivity contribution in [2.45, 2.75) is 102 Å². The van der Waals surface area contributed by atoms with Crippen LogP contribution in [0, 0.1) is 17.8 Å². The number of rotatable bonds is 24. The number of ether oxygens (including phenoxy) is 3. The minimum absolute atomic E-state index is 0.00251. The van der Waals surface area contributed by atoms with Crippen LogP contribution in [0.25, 0.3) is 0 Å². The van der Waals surface area contributed by atoms with Gasteiger partial charge in [-0.1, -0.05) is 54.8 Å². The van der Waals surface area contributed by atoms with Crippen molar-refractivity contribution < 1.29 is 43.0 Å². The van der Waals surface area contributed by atoms with Gasteiger partial charge >= 0.3 is 5.97 Å². The molecular formula is C41H56N10O9S2. The van der Waals surface area contributed by atoms with Gasteiger partial charge in [0.15, 0.2) is 5.16 Å². The number of thiol groups is 1. The number of carbonyl (C=O) groups excluding carboxylic acids is 6. The summed E-state index contributed by atoms with van der Waals surface area (Å²) < 4.78 is 17.9. The van der Waals surface area contributed by atoms with E-state index in [1.165, 1.54) is 18.7 Å². The molecule has 0 aliphatic carbocycles. The van der Waals surface area contributed by atoms with Crippen LogP contribution in [-0.2, 0) is 62.7 Å². The second-order valence-electron chi connectivity index (χ2n) is 15.2. The summed E-state index contributed by atoms with van der Waals surface area (Å²) in [6.07, 6.45) is 8.44. The zero-order valence-corrected chi connectivity index (χ0v) is 37.7. The predicted octanol–water partition coefficient (Wildman–Crippen LogP) is 2.16. The highest BCUT2D eigenvalue weighted by Gasteiger charge is 2.29. The molecule has 336 valence electrons. The van der Waals surface area contributed by atoms with Crippen molar-refractivity contribution in [3.05, 3.63) is 59.7 Å². The van der Waals surface area contributed by atoms with Gasteiger partial charge in [0, 0.05) is 37.8 Å². The SMILES string of the molecule is CSc1ncc(C#CCCCC(=O)NCc2cn(CC(C)(C)OCC(C)(S)NC(=O)COCC(=O)NC(C(=O)NCC(=O)Nc3ccc(COC(C)=O)cc3)C(C)C)nn2)cn1. The van der Waals surface area contributed by atoms with Crippen LogP contribution in [0.5, 0.6) is 0 Å². The van der Waals surface area contributed by atoms with E-state index >= 15 is 0 Å². The molecule has 2 unspecified atom stereocenters. The van der Waals surface area contributed by atoms with E-state index in [0.717, 1.165) is 11.1 Å². The first-order valence-corrected chi connectivity index (χ1v) is 21.3. The summed E-state index contributed by atoms with van der Waals surface area (Å²) in [6, 6.07) is 5.68. The molecule has 5 amide bonds. The number of nitrogens with zero attached hydrogens (tertiary/aromatic N) is 5. The summed E-state index contributed by atoms with van der Waals surface area (Å²) >= 11 is 6.00. The number of aromatic nitrogens is 5. The number of hydrogen-bond acceptors (Lipinski definition) is 15. The Morgan fingerprint density at radius 3 is 2.31 bits per heavy atom. The van der Waals surface area contributed by atoms with Gasteiger partial charge < -0.3 is 40.8 Å². The molecule has 0 spiro atoms. The molecule has 0 radical (unpaired) electrons. The average molecular weight is 897 g/mol. The second-order valence-corrected chi connectivity index (χ2v) is 17.0. The summed E-state index contributed by atoms with van der Waals surface area (Å²) in [5.41, 5.74) is 1.76. The molecular weight excluding hydrogens is 841 g/mol. The summed E-state index contributed by atoms with van der Waals surface area (Å²) in [7, 11) is 0. The smallest absolute Gasteiger partial charge is 0.302 e. The first-order chi connectivity index (χ1) is 29.3. The van der Waals surface area contributed by atoms with Gasteiger partial charge in [-0.25, -0.2) is 14.6 Å². The van der Waals surface area contributed by atoms with E-state index in [1.54, 1.807) is 68.3 Å². The summed E-state index contributed by atoms with van der Waals surface area (Å²) in [5.74, 6) is 2.92. The van der Waals surface area contributed by atoms with E-state index in [9.17, 15) is 28.8 Å². The fraction of sp³-hybridized carbons (Fsp3) is 0.512. The maximum Gasteiger partial charge on any atom is 0.302 e. The molecule has 0 fully saturated rings. The highest BCUT2D eigenvalue weighted by Crippen LogP contribution is 2.18. The molecule has 3 rings (SSSR count). The molecule has 2 aromatic heterocycles. The third-order valence-electron chi connectivity index (χ3n) is 8.33. The quantitative estimate of drug-likeness (QED) is 0.0144. The monoisotopic (exact) mass is 896 g/mol. The van der Waals surface area contributed by atoms with Crippen molar-refractivity contribution in [3.8, 4) is 11.8 Å². The molecule has 0 aliphatic rings. The van der Waals surface area contributed by atoms with Crippen molar-refractivity contribution in [1.82, 2.24) is 46.2 Å². The van der Waals surface area contributed by atoms with Gasteiger partial charge in [0.05, 0.1) is 43.6 Å². The zero-order chi connectivity index (χ0) is 45.7. The maximum absolute atomic E-state index is 12.9. The standard InChI is InChI=1S/C41H56N10O9S2/c1-27(2)37(38(57)43-20-34(54)46-31-15-13-29(14-16-31)22-59-28(3)52)47-35(55)23-58-24-36(56)48-41(6,61)26-60-40(4,5)25-51-21-32(49-50-51)19-42-33(53)12-10-8-9-11-30-17-44-39(62-7)45-18-30/h13-18,21,27,37,61H,8,10,12,19-20,22-26H2,1-7H3,(H,42,53)(H,43,57)(H,46,54)(H,47,55)(H,48,56). The van der Waals surface area contributed by atoms with Crippen LogP contribution in [-0.4, -0.2) is 110 Å². The Bertz CT molecular complexity index is 2030. The number of esters is 1. The predicted molar refractivity (Wildman–Crippen MR) is 233 cm³/mol. The van der Waals surface area contributed by atoms with Crippen LogP contribution in [0.4, 0.5) is 5.69 Å². The Morgan fingerprint density at radius 1 is 0.952 bits per heavy atom. The maximum atomic E-state index is 12.9. The highest BCUT2D eigenvalue weighted by molar-refractivity contribution is 7.98. The minimum Gasteiger partial charge on any atom is -0.461 e. The van der Waals surface area contributed by atoms with E-state index in [2.05, 4.69) is 71.3 Å². The Morgan fingerprint density at radius 2 is 1.65 bits per heavy atom. The molecule has 3 aromatic rings. The molecule has 62 heavy (non-hydrogen) atoms. The lowest BCUT2D eigenvalue weighted by Gasteiger charge is -2.31. The molecule has 2 atom stereocenters. The first-order valence-electron chi connectivity index (χ1n) is 19.7. The number of nitrogens with one attached hydrogen (secondary N) is 5. The van der Waals surface area contributed by atoms with E-state index in [0.29, 0.717) is 42.3 Å². The van der Waals surface area contributed by atoms with Crippen LogP contribution in [0.2, 0.25) is 0 Å². The second kappa shape index (κ2) is 25.4. The van der Waals surface area contributed by atoms with Crippen molar-refractivity contribution in [2.24, 2.45) is 5.92 Å². The van der Waals surface area contributed by atoms with Crippen LogP contribution >= 0.6 is 24.4 Å². The fourth-order valence-electron chi connectivity index (χ4n) is 5.24. The number of amides is 5. The fourth-order valence-corrected chi connectivity index (χ4v) is 5.75. The van der Waals surface area contributed by atoms with Gasteiger partial charge in [0.25, 0.3) is 0 Å². The molecule has 21 heteroatoms. The Balaban J connectivity index is 1.31. The van der Waals surface area contributed by atoms with Crippen LogP contribution in [0.3, 0.4) is 0 Å². The van der Waals surface area contributed by atoms with E-state index in [-0.39, 0.29) is 38.1 Å². The van der Waals surface area contributed by atoms with Crippen molar-refractivity contribution >= 4 is 65.6 Å². The number of thioether (sulfide) groups is 1. The average Bonchev–Trinajstić information content (AvgIpc) is 3.66. The van der Waals surface area contributed by atoms with E-state index in [4.69, 9.17) is 14.2 Å². The Hall–Kier alpha value is -5.56. The normalized spacial score (nSPS) is 12.5. The van der Waals surface area contributed by atoms with Gasteiger partial charge in [0.1, 0.15) is 36.4 Å². The van der Waals surface area contributed by atoms with Crippen molar-refractivity contribution in [3.63, 3.8) is 0 Å². The summed E-state index contributed by atoms with van der Waals surface area (Å²) in [4.78, 5) is 81.2. The van der Waals surface area contributed by atoms with Crippen molar-refractivity contribution in [2.75, 3.05) is 37.9 Å².